The maximum atomic E-state index is 12.0. The van der Waals surface area contributed by atoms with Gasteiger partial charge in [-0.3, -0.25) is 0 Å². The zero-order valence-corrected chi connectivity index (χ0v) is 8.96. The van der Waals surface area contributed by atoms with Gasteiger partial charge in [0.05, 0.1) is 12.7 Å². The Morgan fingerprint density at radius 2 is 2.06 bits per heavy atom. The van der Waals surface area contributed by atoms with Gasteiger partial charge in [-0.2, -0.15) is 0 Å². The summed E-state index contributed by atoms with van der Waals surface area (Å²) in [7, 11) is 0. The quantitative estimate of drug-likeness (QED) is 0.883. The van der Waals surface area contributed by atoms with Crippen molar-refractivity contribution < 1.29 is 22.6 Å². The molecule has 17 heavy (non-hydrogen) atoms. The first-order valence-electron chi connectivity index (χ1n) is 5.20. The van der Waals surface area contributed by atoms with Crippen molar-refractivity contribution in [3.05, 3.63) is 29.8 Å². The number of alkyl halides is 3. The van der Waals surface area contributed by atoms with Gasteiger partial charge in [0, 0.05) is 13.1 Å². The van der Waals surface area contributed by atoms with Gasteiger partial charge in [-0.25, -0.2) is 0 Å². The van der Waals surface area contributed by atoms with Crippen molar-refractivity contribution in [2.24, 2.45) is 0 Å². The van der Waals surface area contributed by atoms with Crippen molar-refractivity contribution in [2.75, 3.05) is 13.1 Å². The second-order valence-corrected chi connectivity index (χ2v) is 3.79. The number of rotatable bonds is 4. The minimum Gasteiger partial charge on any atom is -0.406 e. The average Bonchev–Trinajstić information content (AvgIpc) is 2.13. The summed E-state index contributed by atoms with van der Waals surface area (Å²) in [6.45, 7) is 1.87. The van der Waals surface area contributed by atoms with E-state index in [1.54, 1.807) is 6.07 Å². The molecule has 1 aliphatic rings. The van der Waals surface area contributed by atoms with Crippen molar-refractivity contribution in [2.45, 2.75) is 19.1 Å². The van der Waals surface area contributed by atoms with Crippen LogP contribution in [0.1, 0.15) is 5.56 Å². The van der Waals surface area contributed by atoms with Gasteiger partial charge in [-0.15, -0.1) is 13.2 Å². The first-order valence-corrected chi connectivity index (χ1v) is 5.20. The van der Waals surface area contributed by atoms with E-state index in [1.807, 2.05) is 0 Å². The normalized spacial score (nSPS) is 16.6. The molecule has 0 spiro atoms. The highest BCUT2D eigenvalue weighted by molar-refractivity contribution is 5.28. The van der Waals surface area contributed by atoms with Crippen LogP contribution in [0.3, 0.4) is 0 Å². The summed E-state index contributed by atoms with van der Waals surface area (Å²) in [4.78, 5) is 0. The third-order valence-corrected chi connectivity index (χ3v) is 2.36. The van der Waals surface area contributed by atoms with Crippen LogP contribution in [0.5, 0.6) is 5.75 Å². The lowest BCUT2D eigenvalue weighted by atomic mass is 10.2. The van der Waals surface area contributed by atoms with Crippen LogP contribution in [0.2, 0.25) is 0 Å². The van der Waals surface area contributed by atoms with Crippen LogP contribution in [0.4, 0.5) is 13.2 Å². The molecule has 0 saturated carbocycles. The molecule has 0 aliphatic carbocycles. The summed E-state index contributed by atoms with van der Waals surface area (Å²) >= 11 is 0. The van der Waals surface area contributed by atoms with Crippen molar-refractivity contribution in [3.8, 4) is 5.75 Å². The van der Waals surface area contributed by atoms with E-state index in [0.717, 1.165) is 13.1 Å². The summed E-state index contributed by atoms with van der Waals surface area (Å²) < 4.78 is 45.2. The Morgan fingerprint density at radius 3 is 2.65 bits per heavy atom. The third-order valence-electron chi connectivity index (χ3n) is 2.36. The molecule has 1 saturated heterocycles. The molecule has 0 atom stereocenters. The number of nitrogens with one attached hydrogen (secondary N) is 1. The number of ether oxygens (including phenoxy) is 2. The Labute approximate surface area is 96.5 Å². The van der Waals surface area contributed by atoms with Crippen LogP contribution in [-0.2, 0) is 11.3 Å². The Bertz CT molecular complexity index is 377. The van der Waals surface area contributed by atoms with Gasteiger partial charge in [0.15, 0.2) is 0 Å². The molecule has 1 N–H and O–H groups in total. The standard InChI is InChI=1S/C11H12F3NO2/c12-11(13,14)17-9-3-1-2-8(4-9)7-16-10-5-15-6-10/h1-4,10,15H,5-7H2. The molecule has 3 nitrogen and oxygen atoms in total. The van der Waals surface area contributed by atoms with Crippen molar-refractivity contribution in [3.63, 3.8) is 0 Å². The van der Waals surface area contributed by atoms with Crippen LogP contribution in [0.25, 0.3) is 0 Å². The summed E-state index contributed by atoms with van der Waals surface area (Å²) in [5.74, 6) is -0.217. The lowest BCUT2D eigenvalue weighted by Gasteiger charge is -2.27. The van der Waals surface area contributed by atoms with Crippen LogP contribution in [-0.4, -0.2) is 25.6 Å². The highest BCUT2D eigenvalue weighted by Gasteiger charge is 2.31. The first kappa shape index (κ1) is 12.2. The molecule has 0 radical (unpaired) electrons. The Hall–Kier alpha value is -1.27. The van der Waals surface area contributed by atoms with Crippen molar-refractivity contribution in [1.29, 1.82) is 0 Å². The van der Waals surface area contributed by atoms with E-state index in [1.165, 1.54) is 18.2 Å². The van der Waals surface area contributed by atoms with E-state index in [2.05, 4.69) is 10.1 Å². The second-order valence-electron chi connectivity index (χ2n) is 3.79. The highest BCUT2D eigenvalue weighted by atomic mass is 19.4. The smallest absolute Gasteiger partial charge is 0.406 e. The van der Waals surface area contributed by atoms with Gasteiger partial charge in [0.1, 0.15) is 5.75 Å². The fourth-order valence-corrected chi connectivity index (χ4v) is 1.43. The van der Waals surface area contributed by atoms with Crippen LogP contribution < -0.4 is 10.1 Å². The lowest BCUT2D eigenvalue weighted by Crippen LogP contribution is -2.48. The zero-order chi connectivity index (χ0) is 12.3. The fourth-order valence-electron chi connectivity index (χ4n) is 1.43. The van der Waals surface area contributed by atoms with Crippen LogP contribution in [0.15, 0.2) is 24.3 Å². The molecule has 94 valence electrons. The van der Waals surface area contributed by atoms with Crippen LogP contribution in [0, 0.1) is 0 Å². The molecule has 0 unspecified atom stereocenters. The summed E-state index contributed by atoms with van der Waals surface area (Å²) in [5, 5.41) is 3.04. The maximum absolute atomic E-state index is 12.0. The average molecular weight is 247 g/mol. The molecule has 0 bridgehead atoms. The molecule has 1 aromatic rings. The lowest BCUT2D eigenvalue weighted by molar-refractivity contribution is -0.274. The minimum atomic E-state index is -4.66. The van der Waals surface area contributed by atoms with E-state index in [4.69, 9.17) is 4.74 Å². The molecular formula is C11H12F3NO2. The molecule has 1 aliphatic heterocycles. The van der Waals surface area contributed by atoms with E-state index in [9.17, 15) is 13.2 Å². The number of benzene rings is 1. The van der Waals surface area contributed by atoms with Crippen molar-refractivity contribution >= 4 is 0 Å². The predicted octanol–water partition coefficient (Wildman–Crippen LogP) is 2.07. The van der Waals surface area contributed by atoms with Gasteiger partial charge in [0.25, 0.3) is 0 Å². The van der Waals surface area contributed by atoms with E-state index < -0.39 is 6.36 Å². The third kappa shape index (κ3) is 3.90. The van der Waals surface area contributed by atoms with Crippen LogP contribution >= 0.6 is 0 Å². The highest BCUT2D eigenvalue weighted by Crippen LogP contribution is 2.23. The van der Waals surface area contributed by atoms with Gasteiger partial charge < -0.3 is 14.8 Å². The second kappa shape index (κ2) is 4.93. The van der Waals surface area contributed by atoms with Gasteiger partial charge in [-0.1, -0.05) is 12.1 Å². The molecule has 0 amide bonds. The maximum Gasteiger partial charge on any atom is 0.573 e. The van der Waals surface area contributed by atoms with Crippen molar-refractivity contribution in [1.82, 2.24) is 5.32 Å². The predicted molar refractivity (Wildman–Crippen MR) is 54.6 cm³/mol. The number of hydrogen-bond acceptors (Lipinski definition) is 3. The number of hydrogen-bond donors (Lipinski definition) is 1. The fraction of sp³-hybridized carbons (Fsp3) is 0.455. The number of halogens is 3. The van der Waals surface area contributed by atoms with Gasteiger partial charge >= 0.3 is 6.36 Å². The SMILES string of the molecule is FC(F)(F)Oc1cccc(COC2CNC2)c1. The van der Waals surface area contributed by atoms with E-state index in [-0.39, 0.29) is 11.9 Å². The Morgan fingerprint density at radius 1 is 1.29 bits per heavy atom. The summed E-state index contributed by atoms with van der Waals surface area (Å²) in [6, 6.07) is 5.82. The largest absolute Gasteiger partial charge is 0.573 e. The molecule has 1 aromatic carbocycles. The molecule has 2 rings (SSSR count). The Kier molecular flexibility index (Phi) is 3.54. The minimum absolute atomic E-state index is 0.155. The zero-order valence-electron chi connectivity index (χ0n) is 8.96. The van der Waals surface area contributed by atoms with E-state index >= 15 is 0 Å². The van der Waals surface area contributed by atoms with E-state index in [0.29, 0.717) is 12.2 Å². The summed E-state index contributed by atoms with van der Waals surface area (Å²) in [6.07, 6.45) is -4.50. The molecule has 0 aromatic heterocycles. The Balaban J connectivity index is 1.91. The van der Waals surface area contributed by atoms with Gasteiger partial charge in [-0.05, 0) is 17.7 Å². The monoisotopic (exact) mass is 247 g/mol. The molecular weight excluding hydrogens is 235 g/mol. The molecule has 1 heterocycles. The topological polar surface area (TPSA) is 30.5 Å². The van der Waals surface area contributed by atoms with Gasteiger partial charge in [0.2, 0.25) is 0 Å². The summed E-state index contributed by atoms with van der Waals surface area (Å²) in [5.41, 5.74) is 0.665. The first-order chi connectivity index (χ1) is 8.03. The molecule has 1 fully saturated rings. The molecule has 6 heteroatoms.